The van der Waals surface area contributed by atoms with Crippen LogP contribution in [-0.4, -0.2) is 28.4 Å². The van der Waals surface area contributed by atoms with Gasteiger partial charge in [-0.1, -0.05) is 49.1 Å². The Balaban J connectivity index is 2.10. The molecule has 0 heterocycles. The van der Waals surface area contributed by atoms with Crippen LogP contribution in [0.1, 0.15) is 24.0 Å². The molecule has 0 saturated carbocycles. The van der Waals surface area contributed by atoms with Crippen molar-refractivity contribution in [2.24, 2.45) is 0 Å². The van der Waals surface area contributed by atoms with E-state index >= 15 is 0 Å². The van der Waals surface area contributed by atoms with Gasteiger partial charge in [0.15, 0.2) is 0 Å². The Hall–Kier alpha value is -1.33. The van der Waals surface area contributed by atoms with Gasteiger partial charge in [0.1, 0.15) is 0 Å². The van der Waals surface area contributed by atoms with Crippen LogP contribution >= 0.6 is 24.0 Å². The summed E-state index contributed by atoms with van der Waals surface area (Å²) in [6.07, 6.45) is 2.34. The Labute approximate surface area is 129 Å². The number of carbonyl (C=O) groups is 1. The summed E-state index contributed by atoms with van der Waals surface area (Å²) < 4.78 is 0. The van der Waals surface area contributed by atoms with Crippen molar-refractivity contribution in [2.75, 3.05) is 12.3 Å². The first-order valence-corrected chi connectivity index (χ1v) is 7.95. The van der Waals surface area contributed by atoms with Gasteiger partial charge in [0.25, 0.3) is 0 Å². The van der Waals surface area contributed by atoms with E-state index in [1.54, 1.807) is 0 Å². The highest BCUT2D eigenvalue weighted by atomic mass is 32.2. The number of carboxylic acid groups (broad SMARTS) is 1. The number of aliphatic carboxylic acids is 1. The third kappa shape index (κ3) is 7.31. The highest BCUT2D eigenvalue weighted by Crippen LogP contribution is 2.13. The van der Waals surface area contributed by atoms with Gasteiger partial charge in [0.2, 0.25) is 0 Å². The van der Waals surface area contributed by atoms with E-state index < -0.39 is 5.97 Å². The second-order valence-electron chi connectivity index (χ2n) is 4.24. The van der Waals surface area contributed by atoms with Gasteiger partial charge in [-0.25, -0.2) is 0 Å². The molecule has 108 valence electrons. The second kappa shape index (κ2) is 9.55. The quantitative estimate of drug-likeness (QED) is 0.541. The molecule has 0 amide bonds. The normalized spacial score (nSPS) is 10.0. The number of thiocarbonyl (C=S) groups is 1. The fourth-order valence-corrected chi connectivity index (χ4v) is 2.53. The van der Waals surface area contributed by atoms with Crippen molar-refractivity contribution in [1.29, 1.82) is 0 Å². The van der Waals surface area contributed by atoms with Crippen LogP contribution in [0.3, 0.4) is 0 Å². The maximum absolute atomic E-state index is 10.4. The molecular weight excluding hydrogens is 290 g/mol. The molecule has 2 N–H and O–H groups in total. The van der Waals surface area contributed by atoms with Crippen molar-refractivity contribution >= 4 is 41.0 Å². The SMILES string of the molecule is C=Cc1ccc(CSCCNC(=S)CCC(=O)O)cc1. The number of hydrogen-bond acceptors (Lipinski definition) is 3. The van der Waals surface area contributed by atoms with Crippen LogP contribution in [-0.2, 0) is 10.5 Å². The zero-order valence-corrected chi connectivity index (χ0v) is 12.9. The number of carboxylic acids is 1. The summed E-state index contributed by atoms with van der Waals surface area (Å²) >= 11 is 6.87. The van der Waals surface area contributed by atoms with Crippen LogP contribution in [0.5, 0.6) is 0 Å². The maximum Gasteiger partial charge on any atom is 0.303 e. The van der Waals surface area contributed by atoms with Crippen molar-refractivity contribution in [1.82, 2.24) is 5.32 Å². The van der Waals surface area contributed by atoms with Crippen LogP contribution in [0, 0.1) is 0 Å². The topological polar surface area (TPSA) is 49.3 Å². The van der Waals surface area contributed by atoms with E-state index in [9.17, 15) is 4.79 Å². The molecule has 0 aromatic heterocycles. The lowest BCUT2D eigenvalue weighted by Crippen LogP contribution is -2.24. The molecular formula is C15H19NO2S2. The molecule has 0 unspecified atom stereocenters. The lowest BCUT2D eigenvalue weighted by atomic mass is 10.1. The Morgan fingerprint density at radius 3 is 2.65 bits per heavy atom. The molecule has 5 heteroatoms. The second-order valence-corrected chi connectivity index (χ2v) is 5.84. The zero-order chi connectivity index (χ0) is 14.8. The predicted octanol–water partition coefficient (Wildman–Crippen LogP) is 3.34. The largest absolute Gasteiger partial charge is 0.481 e. The Morgan fingerprint density at radius 2 is 2.05 bits per heavy atom. The van der Waals surface area contributed by atoms with E-state index in [1.807, 2.05) is 17.8 Å². The number of thioether (sulfide) groups is 1. The first-order chi connectivity index (χ1) is 9.61. The lowest BCUT2D eigenvalue weighted by Gasteiger charge is -2.07. The summed E-state index contributed by atoms with van der Waals surface area (Å²) in [7, 11) is 0. The fraction of sp³-hybridized carbons (Fsp3) is 0.333. The smallest absolute Gasteiger partial charge is 0.303 e. The van der Waals surface area contributed by atoms with E-state index in [0.717, 1.165) is 23.6 Å². The monoisotopic (exact) mass is 309 g/mol. The van der Waals surface area contributed by atoms with Crippen LogP contribution in [0.15, 0.2) is 30.8 Å². The lowest BCUT2D eigenvalue weighted by molar-refractivity contribution is -0.136. The minimum atomic E-state index is -0.813. The maximum atomic E-state index is 10.4. The zero-order valence-electron chi connectivity index (χ0n) is 11.3. The molecule has 0 spiro atoms. The molecule has 1 aromatic carbocycles. The summed E-state index contributed by atoms with van der Waals surface area (Å²) in [4.78, 5) is 11.0. The van der Waals surface area contributed by atoms with Crippen molar-refractivity contribution in [3.8, 4) is 0 Å². The molecule has 0 saturated heterocycles. The third-order valence-electron chi connectivity index (χ3n) is 2.62. The number of nitrogens with one attached hydrogen (secondary N) is 1. The number of rotatable bonds is 9. The van der Waals surface area contributed by atoms with Gasteiger partial charge in [0, 0.05) is 24.5 Å². The first kappa shape index (κ1) is 16.7. The van der Waals surface area contributed by atoms with E-state index in [4.69, 9.17) is 17.3 Å². The van der Waals surface area contributed by atoms with Gasteiger partial charge in [-0.15, -0.1) is 0 Å². The summed E-state index contributed by atoms with van der Waals surface area (Å²) in [6, 6.07) is 8.33. The van der Waals surface area contributed by atoms with Crippen LogP contribution < -0.4 is 5.32 Å². The van der Waals surface area contributed by atoms with E-state index in [0.29, 0.717) is 11.4 Å². The van der Waals surface area contributed by atoms with Crippen molar-refractivity contribution < 1.29 is 9.90 Å². The molecule has 0 bridgehead atoms. The highest BCUT2D eigenvalue weighted by molar-refractivity contribution is 7.98. The van der Waals surface area contributed by atoms with Gasteiger partial charge in [-0.2, -0.15) is 11.8 Å². The minimum Gasteiger partial charge on any atom is -0.481 e. The Morgan fingerprint density at radius 1 is 1.35 bits per heavy atom. The summed E-state index contributed by atoms with van der Waals surface area (Å²) in [5.74, 6) is 1.09. The van der Waals surface area contributed by atoms with E-state index in [2.05, 4.69) is 36.2 Å². The van der Waals surface area contributed by atoms with E-state index in [1.165, 1.54) is 5.56 Å². The van der Waals surface area contributed by atoms with Gasteiger partial charge < -0.3 is 10.4 Å². The number of hydrogen-bond donors (Lipinski definition) is 2. The first-order valence-electron chi connectivity index (χ1n) is 6.39. The summed E-state index contributed by atoms with van der Waals surface area (Å²) in [5.41, 5.74) is 2.42. The average molecular weight is 309 g/mol. The van der Waals surface area contributed by atoms with Gasteiger partial charge >= 0.3 is 5.97 Å². The van der Waals surface area contributed by atoms with Crippen molar-refractivity contribution in [3.05, 3.63) is 42.0 Å². The molecule has 0 aliphatic carbocycles. The molecule has 0 atom stereocenters. The van der Waals surface area contributed by atoms with Gasteiger partial charge in [-0.05, 0) is 11.1 Å². The van der Waals surface area contributed by atoms with E-state index in [-0.39, 0.29) is 6.42 Å². The molecule has 0 aliphatic heterocycles. The minimum absolute atomic E-state index is 0.0919. The third-order valence-corrected chi connectivity index (χ3v) is 4.00. The Bertz CT molecular complexity index is 457. The molecule has 3 nitrogen and oxygen atoms in total. The molecule has 1 rings (SSSR count). The molecule has 0 radical (unpaired) electrons. The molecule has 0 fully saturated rings. The molecule has 1 aromatic rings. The predicted molar refractivity (Wildman–Crippen MR) is 90.2 cm³/mol. The standard InChI is InChI=1S/C15H19NO2S2/c1-2-12-3-5-13(6-4-12)11-20-10-9-16-14(19)7-8-15(17)18/h2-6H,1,7-11H2,(H,16,19)(H,17,18). The van der Waals surface area contributed by atoms with Crippen molar-refractivity contribution in [3.63, 3.8) is 0 Å². The summed E-state index contributed by atoms with van der Waals surface area (Å²) in [5, 5.41) is 11.6. The molecule has 20 heavy (non-hydrogen) atoms. The average Bonchev–Trinajstić information content (AvgIpc) is 2.45. The summed E-state index contributed by atoms with van der Waals surface area (Å²) in [6.45, 7) is 4.50. The van der Waals surface area contributed by atoms with Crippen LogP contribution in [0.4, 0.5) is 0 Å². The molecule has 0 aliphatic rings. The van der Waals surface area contributed by atoms with Crippen LogP contribution in [0.2, 0.25) is 0 Å². The number of benzene rings is 1. The van der Waals surface area contributed by atoms with Gasteiger partial charge in [-0.3, -0.25) is 4.79 Å². The van der Waals surface area contributed by atoms with Crippen molar-refractivity contribution in [2.45, 2.75) is 18.6 Å². The van der Waals surface area contributed by atoms with Crippen LogP contribution in [0.25, 0.3) is 6.08 Å². The highest BCUT2D eigenvalue weighted by Gasteiger charge is 2.01. The van der Waals surface area contributed by atoms with Gasteiger partial charge in [0.05, 0.1) is 11.4 Å². The fourth-order valence-electron chi connectivity index (χ4n) is 1.51. The Kier molecular flexibility index (Phi) is 7.99.